The summed E-state index contributed by atoms with van der Waals surface area (Å²) >= 11 is 0. The van der Waals surface area contributed by atoms with Gasteiger partial charge in [-0.25, -0.2) is 19.2 Å². The standard InChI is InChI=1S/C13H15FN6O5/c14-6-4-19(13(24)18-8(6)15)11-10(23)20(9(22)7(5-21)25-11)12-16-2-1-3-17-12/h1-4,7,9-11,21-23H,5H2,(H2,15,18,24)/t7-,9?,10?,11-/m1/s1. The van der Waals surface area contributed by atoms with Gasteiger partial charge in [-0.15, -0.1) is 0 Å². The molecule has 2 aromatic heterocycles. The van der Waals surface area contributed by atoms with Crippen LogP contribution in [0.15, 0.2) is 29.5 Å². The fraction of sp³-hybridized carbons (Fsp3) is 0.385. The normalized spacial score (nSPS) is 26.6. The highest BCUT2D eigenvalue weighted by Gasteiger charge is 2.45. The third-order valence-corrected chi connectivity index (χ3v) is 3.64. The average Bonchev–Trinajstić information content (AvgIpc) is 2.60. The summed E-state index contributed by atoms with van der Waals surface area (Å²) < 4.78 is 19.7. The van der Waals surface area contributed by atoms with Crippen LogP contribution in [0.25, 0.3) is 0 Å². The molecule has 5 N–H and O–H groups in total. The number of anilines is 2. The molecule has 4 atom stereocenters. The van der Waals surface area contributed by atoms with Gasteiger partial charge < -0.3 is 25.8 Å². The maximum atomic E-state index is 13.7. The molecule has 0 aromatic carbocycles. The summed E-state index contributed by atoms with van der Waals surface area (Å²) in [6.45, 7) is -0.645. The summed E-state index contributed by atoms with van der Waals surface area (Å²) in [5, 5.41) is 30.2. The zero-order valence-corrected chi connectivity index (χ0v) is 12.7. The molecule has 2 unspecified atom stereocenters. The van der Waals surface area contributed by atoms with Gasteiger partial charge in [-0.2, -0.15) is 4.98 Å². The van der Waals surface area contributed by atoms with Crippen LogP contribution in [0.2, 0.25) is 0 Å². The Morgan fingerprint density at radius 1 is 1.28 bits per heavy atom. The summed E-state index contributed by atoms with van der Waals surface area (Å²) in [4.78, 5) is 24.1. The van der Waals surface area contributed by atoms with Crippen LogP contribution in [0, 0.1) is 5.82 Å². The summed E-state index contributed by atoms with van der Waals surface area (Å²) in [6.07, 6.45) is -2.46. The minimum atomic E-state index is -1.68. The number of hydrogen-bond donors (Lipinski definition) is 4. The van der Waals surface area contributed by atoms with Gasteiger partial charge in [0.25, 0.3) is 0 Å². The third-order valence-electron chi connectivity index (χ3n) is 3.64. The quantitative estimate of drug-likeness (QED) is 0.476. The van der Waals surface area contributed by atoms with Gasteiger partial charge in [0, 0.05) is 12.4 Å². The number of nitrogen functional groups attached to an aromatic ring is 1. The molecule has 3 heterocycles. The van der Waals surface area contributed by atoms with Crippen LogP contribution in [0.4, 0.5) is 16.2 Å². The number of aliphatic hydroxyl groups excluding tert-OH is 3. The minimum Gasteiger partial charge on any atom is -0.393 e. The lowest BCUT2D eigenvalue weighted by Crippen LogP contribution is -2.61. The van der Waals surface area contributed by atoms with E-state index >= 15 is 0 Å². The SMILES string of the molecule is Nc1nc(=O)n([C@@H]2O[C@H](CO)C(O)N(c3ncccn3)C2O)cc1F. The second-order valence-electron chi connectivity index (χ2n) is 5.19. The van der Waals surface area contributed by atoms with Crippen molar-refractivity contribution in [3.63, 3.8) is 0 Å². The van der Waals surface area contributed by atoms with Crippen molar-refractivity contribution in [2.24, 2.45) is 0 Å². The predicted octanol–water partition coefficient (Wildman–Crippen LogP) is -2.21. The molecule has 25 heavy (non-hydrogen) atoms. The van der Waals surface area contributed by atoms with Crippen molar-refractivity contribution in [1.82, 2.24) is 19.5 Å². The average molecular weight is 354 g/mol. The Balaban J connectivity index is 2.06. The molecule has 0 aliphatic carbocycles. The molecule has 0 amide bonds. The van der Waals surface area contributed by atoms with Crippen molar-refractivity contribution in [2.45, 2.75) is 24.8 Å². The van der Waals surface area contributed by atoms with Gasteiger partial charge in [0.1, 0.15) is 6.10 Å². The lowest BCUT2D eigenvalue weighted by molar-refractivity contribution is -0.205. The molecule has 0 spiro atoms. The van der Waals surface area contributed by atoms with Crippen LogP contribution in [0.1, 0.15) is 6.23 Å². The van der Waals surface area contributed by atoms with E-state index in [9.17, 15) is 24.5 Å². The van der Waals surface area contributed by atoms with E-state index in [-0.39, 0.29) is 5.95 Å². The molecule has 12 heteroatoms. The Bertz CT molecular complexity index is 805. The highest BCUT2D eigenvalue weighted by Crippen LogP contribution is 2.30. The van der Waals surface area contributed by atoms with Crippen molar-refractivity contribution in [1.29, 1.82) is 0 Å². The number of aromatic nitrogens is 4. The van der Waals surface area contributed by atoms with E-state index in [1.807, 2.05) is 0 Å². The van der Waals surface area contributed by atoms with Gasteiger partial charge in [0.15, 0.2) is 30.3 Å². The molecule has 1 aliphatic heterocycles. The predicted molar refractivity (Wildman–Crippen MR) is 80.4 cm³/mol. The first kappa shape index (κ1) is 17.2. The molecule has 3 rings (SSSR count). The number of aliphatic hydroxyl groups is 3. The highest BCUT2D eigenvalue weighted by atomic mass is 19.1. The number of hydrogen-bond acceptors (Lipinski definition) is 10. The van der Waals surface area contributed by atoms with Gasteiger partial charge >= 0.3 is 5.69 Å². The maximum absolute atomic E-state index is 13.7. The van der Waals surface area contributed by atoms with Crippen LogP contribution >= 0.6 is 0 Å². The number of rotatable bonds is 3. The van der Waals surface area contributed by atoms with Crippen molar-refractivity contribution in [3.05, 3.63) is 41.0 Å². The Kier molecular flexibility index (Phi) is 4.59. The fourth-order valence-electron chi connectivity index (χ4n) is 2.44. The van der Waals surface area contributed by atoms with E-state index in [0.717, 1.165) is 4.90 Å². The molecule has 0 bridgehead atoms. The van der Waals surface area contributed by atoms with E-state index in [4.69, 9.17) is 10.5 Å². The molecule has 134 valence electrons. The summed E-state index contributed by atoms with van der Waals surface area (Å²) in [6, 6.07) is 1.52. The first-order valence-corrected chi connectivity index (χ1v) is 7.16. The molecule has 2 aromatic rings. The van der Waals surface area contributed by atoms with E-state index < -0.39 is 48.7 Å². The molecular weight excluding hydrogens is 339 g/mol. The van der Waals surface area contributed by atoms with Gasteiger partial charge in [-0.3, -0.25) is 9.47 Å². The lowest BCUT2D eigenvalue weighted by Gasteiger charge is -2.44. The van der Waals surface area contributed by atoms with Gasteiger partial charge in [-0.1, -0.05) is 0 Å². The zero-order chi connectivity index (χ0) is 18.1. The van der Waals surface area contributed by atoms with Crippen molar-refractivity contribution < 1.29 is 24.4 Å². The highest BCUT2D eigenvalue weighted by molar-refractivity contribution is 5.32. The van der Waals surface area contributed by atoms with Crippen molar-refractivity contribution in [2.75, 3.05) is 17.2 Å². The number of morpholine rings is 1. The van der Waals surface area contributed by atoms with Gasteiger partial charge in [0.2, 0.25) is 5.95 Å². The van der Waals surface area contributed by atoms with Crippen LogP contribution in [0.3, 0.4) is 0 Å². The summed E-state index contributed by atoms with van der Waals surface area (Å²) in [5.74, 6) is -1.68. The molecule has 1 fully saturated rings. The number of halogens is 1. The maximum Gasteiger partial charge on any atom is 0.351 e. The Morgan fingerprint density at radius 3 is 2.60 bits per heavy atom. The Morgan fingerprint density at radius 2 is 1.96 bits per heavy atom. The lowest BCUT2D eigenvalue weighted by atomic mass is 10.2. The monoisotopic (exact) mass is 354 g/mol. The van der Waals surface area contributed by atoms with Gasteiger partial charge in [0.05, 0.1) is 12.8 Å². The smallest absolute Gasteiger partial charge is 0.351 e. The Hall–Kier alpha value is -2.67. The van der Waals surface area contributed by atoms with E-state index in [2.05, 4.69) is 15.0 Å². The minimum absolute atomic E-state index is 0.0776. The van der Waals surface area contributed by atoms with Crippen LogP contribution in [-0.4, -0.2) is 60.0 Å². The molecule has 1 saturated heterocycles. The molecule has 0 radical (unpaired) electrons. The molecular formula is C13H15FN6O5. The van der Waals surface area contributed by atoms with E-state index in [1.165, 1.54) is 18.5 Å². The fourth-order valence-corrected chi connectivity index (χ4v) is 2.44. The summed E-state index contributed by atoms with van der Waals surface area (Å²) in [5.41, 5.74) is 4.25. The first-order valence-electron chi connectivity index (χ1n) is 7.16. The third kappa shape index (κ3) is 3.02. The van der Waals surface area contributed by atoms with Crippen LogP contribution in [0.5, 0.6) is 0 Å². The van der Waals surface area contributed by atoms with Crippen molar-refractivity contribution >= 4 is 11.8 Å². The van der Waals surface area contributed by atoms with E-state index in [1.54, 1.807) is 0 Å². The summed E-state index contributed by atoms with van der Waals surface area (Å²) in [7, 11) is 0. The zero-order valence-electron chi connectivity index (χ0n) is 12.7. The second-order valence-corrected chi connectivity index (χ2v) is 5.19. The molecule has 1 aliphatic rings. The van der Waals surface area contributed by atoms with Gasteiger partial charge in [-0.05, 0) is 6.07 Å². The topological polar surface area (TPSA) is 160 Å². The number of nitrogens with two attached hydrogens (primary N) is 1. The largest absolute Gasteiger partial charge is 0.393 e. The number of ether oxygens (including phenoxy) is 1. The van der Waals surface area contributed by atoms with Crippen LogP contribution in [-0.2, 0) is 4.74 Å². The van der Waals surface area contributed by atoms with Crippen LogP contribution < -0.4 is 16.3 Å². The first-order chi connectivity index (χ1) is 11.9. The molecule has 11 nitrogen and oxygen atoms in total. The second kappa shape index (κ2) is 6.68. The number of nitrogens with zero attached hydrogens (tertiary/aromatic N) is 5. The van der Waals surface area contributed by atoms with E-state index in [0.29, 0.717) is 10.8 Å². The Labute approximate surface area is 139 Å². The molecule has 0 saturated carbocycles. The van der Waals surface area contributed by atoms with Crippen molar-refractivity contribution in [3.8, 4) is 0 Å².